The number of hydrogen-bond donors (Lipinski definition) is 1. The van der Waals surface area contributed by atoms with E-state index in [-0.39, 0.29) is 30.1 Å². The molecule has 6 nitrogen and oxygen atoms in total. The number of rotatable bonds is 4. The number of nitro benzene ring substituents is 1. The number of piperidine rings is 1. The maximum absolute atomic E-state index is 11.1. The molecule has 0 aromatic heterocycles. The number of nitro groups is 1. The SMILES string of the molecule is CC(c1cccc([N+](=O)[O-])c1)N1CCCC(C(=O)O)C1.Cl. The van der Waals surface area contributed by atoms with Gasteiger partial charge in [-0.05, 0) is 31.9 Å². The molecule has 1 heterocycles. The first-order chi connectivity index (χ1) is 9.49. The molecule has 0 saturated carbocycles. The first kappa shape index (κ1) is 17.4. The highest BCUT2D eigenvalue weighted by Gasteiger charge is 2.28. The Balaban J connectivity index is 0.00000220. The molecule has 7 heteroatoms. The molecule has 2 unspecified atom stereocenters. The van der Waals surface area contributed by atoms with E-state index in [4.69, 9.17) is 5.11 Å². The quantitative estimate of drug-likeness (QED) is 0.682. The number of carboxylic acid groups (broad SMARTS) is 1. The summed E-state index contributed by atoms with van der Waals surface area (Å²) in [5.41, 5.74) is 0.923. The highest BCUT2D eigenvalue weighted by Crippen LogP contribution is 2.28. The van der Waals surface area contributed by atoms with E-state index in [2.05, 4.69) is 4.90 Å². The Morgan fingerprint density at radius 3 is 2.86 bits per heavy atom. The van der Waals surface area contributed by atoms with Gasteiger partial charge in [-0.3, -0.25) is 19.8 Å². The first-order valence-corrected chi connectivity index (χ1v) is 6.70. The van der Waals surface area contributed by atoms with Gasteiger partial charge in [0.15, 0.2) is 0 Å². The van der Waals surface area contributed by atoms with Crippen molar-refractivity contribution in [2.75, 3.05) is 13.1 Å². The zero-order valence-electron chi connectivity index (χ0n) is 11.8. The van der Waals surface area contributed by atoms with E-state index in [9.17, 15) is 14.9 Å². The topological polar surface area (TPSA) is 83.7 Å². The van der Waals surface area contributed by atoms with Crippen molar-refractivity contribution in [1.82, 2.24) is 4.90 Å². The lowest BCUT2D eigenvalue weighted by Crippen LogP contribution is -2.40. The van der Waals surface area contributed by atoms with Crippen molar-refractivity contribution >= 4 is 24.1 Å². The number of benzene rings is 1. The van der Waals surface area contributed by atoms with Gasteiger partial charge in [0.05, 0.1) is 10.8 Å². The summed E-state index contributed by atoms with van der Waals surface area (Å²) in [4.78, 5) is 23.6. The summed E-state index contributed by atoms with van der Waals surface area (Å²) in [7, 11) is 0. The molecule has 1 aromatic rings. The predicted octanol–water partition coefficient (Wildman–Crippen LogP) is 2.87. The molecule has 1 aliphatic heterocycles. The van der Waals surface area contributed by atoms with Crippen LogP contribution in [-0.2, 0) is 4.79 Å². The summed E-state index contributed by atoms with van der Waals surface area (Å²) in [6.45, 7) is 3.29. The van der Waals surface area contributed by atoms with Gasteiger partial charge in [0, 0.05) is 24.7 Å². The average molecular weight is 315 g/mol. The van der Waals surface area contributed by atoms with Crippen molar-refractivity contribution in [1.29, 1.82) is 0 Å². The van der Waals surface area contributed by atoms with Crippen LogP contribution in [0.3, 0.4) is 0 Å². The van der Waals surface area contributed by atoms with E-state index in [0.717, 1.165) is 18.5 Å². The molecule has 1 fully saturated rings. The van der Waals surface area contributed by atoms with E-state index >= 15 is 0 Å². The van der Waals surface area contributed by atoms with Crippen molar-refractivity contribution in [3.63, 3.8) is 0 Å². The molecule has 0 radical (unpaired) electrons. The lowest BCUT2D eigenvalue weighted by Gasteiger charge is -2.35. The van der Waals surface area contributed by atoms with Crippen LogP contribution in [0.1, 0.15) is 31.4 Å². The molecule has 0 aliphatic carbocycles. The second-order valence-corrected chi connectivity index (χ2v) is 5.20. The molecular formula is C14H19ClN2O4. The van der Waals surface area contributed by atoms with Crippen molar-refractivity contribution in [2.24, 2.45) is 5.92 Å². The zero-order chi connectivity index (χ0) is 14.7. The molecule has 116 valence electrons. The van der Waals surface area contributed by atoms with Crippen LogP contribution in [0.25, 0.3) is 0 Å². The minimum absolute atomic E-state index is 0. The molecule has 1 aromatic carbocycles. The number of aliphatic carboxylic acids is 1. The predicted molar refractivity (Wildman–Crippen MR) is 80.7 cm³/mol. The van der Waals surface area contributed by atoms with Crippen LogP contribution in [0, 0.1) is 16.0 Å². The average Bonchev–Trinajstić information content (AvgIpc) is 2.46. The molecule has 0 amide bonds. The number of hydrogen-bond acceptors (Lipinski definition) is 4. The van der Waals surface area contributed by atoms with Crippen LogP contribution in [0.5, 0.6) is 0 Å². The first-order valence-electron chi connectivity index (χ1n) is 6.70. The van der Waals surface area contributed by atoms with E-state index in [1.165, 1.54) is 6.07 Å². The van der Waals surface area contributed by atoms with Crippen molar-refractivity contribution < 1.29 is 14.8 Å². The maximum atomic E-state index is 11.1. The maximum Gasteiger partial charge on any atom is 0.307 e. The second kappa shape index (κ2) is 7.38. The molecule has 2 rings (SSSR count). The van der Waals surface area contributed by atoms with E-state index in [1.807, 2.05) is 13.0 Å². The molecule has 21 heavy (non-hydrogen) atoms. The smallest absolute Gasteiger partial charge is 0.307 e. The summed E-state index contributed by atoms with van der Waals surface area (Å²) in [5.74, 6) is -1.11. The Hall–Kier alpha value is -1.66. The van der Waals surface area contributed by atoms with Crippen LogP contribution >= 0.6 is 12.4 Å². The lowest BCUT2D eigenvalue weighted by atomic mass is 9.95. The fourth-order valence-electron chi connectivity index (χ4n) is 2.67. The molecular weight excluding hydrogens is 296 g/mol. The van der Waals surface area contributed by atoms with Gasteiger partial charge in [-0.1, -0.05) is 12.1 Å². The third-order valence-electron chi connectivity index (χ3n) is 3.91. The lowest BCUT2D eigenvalue weighted by molar-refractivity contribution is -0.385. The van der Waals surface area contributed by atoms with Crippen LogP contribution in [0.15, 0.2) is 24.3 Å². The summed E-state index contributed by atoms with van der Waals surface area (Å²) in [6, 6.07) is 6.53. The minimum Gasteiger partial charge on any atom is -0.481 e. The third-order valence-corrected chi connectivity index (χ3v) is 3.91. The Morgan fingerprint density at radius 1 is 1.52 bits per heavy atom. The minimum atomic E-state index is -0.763. The molecule has 0 bridgehead atoms. The van der Waals surface area contributed by atoms with Crippen LogP contribution in [0.2, 0.25) is 0 Å². The largest absolute Gasteiger partial charge is 0.481 e. The third kappa shape index (κ3) is 4.15. The number of halogens is 1. The highest BCUT2D eigenvalue weighted by molar-refractivity contribution is 5.85. The number of non-ortho nitro benzene ring substituents is 1. The van der Waals surface area contributed by atoms with E-state index < -0.39 is 10.9 Å². The number of nitrogens with zero attached hydrogens (tertiary/aromatic N) is 2. The van der Waals surface area contributed by atoms with Gasteiger partial charge in [0.1, 0.15) is 0 Å². The second-order valence-electron chi connectivity index (χ2n) is 5.20. The number of carboxylic acids is 1. The molecule has 1 N–H and O–H groups in total. The van der Waals surface area contributed by atoms with Gasteiger partial charge < -0.3 is 5.11 Å². The van der Waals surface area contributed by atoms with Gasteiger partial charge in [-0.15, -0.1) is 12.4 Å². The molecule has 1 aliphatic rings. The standard InChI is InChI=1S/C14H18N2O4.ClH/c1-10(11-4-2-6-13(8-11)16(19)20)15-7-3-5-12(9-15)14(17)18;/h2,4,6,8,10,12H,3,5,7,9H2,1H3,(H,17,18);1H. The summed E-state index contributed by atoms with van der Waals surface area (Å²) >= 11 is 0. The summed E-state index contributed by atoms with van der Waals surface area (Å²) in [6.07, 6.45) is 1.55. The normalized spacial score (nSPS) is 20.3. The number of likely N-dealkylation sites (tertiary alicyclic amines) is 1. The molecule has 0 spiro atoms. The Labute approximate surface area is 129 Å². The van der Waals surface area contributed by atoms with Gasteiger partial charge in [0.2, 0.25) is 0 Å². The van der Waals surface area contributed by atoms with E-state index in [0.29, 0.717) is 13.0 Å². The fraction of sp³-hybridized carbons (Fsp3) is 0.500. The van der Waals surface area contributed by atoms with Crippen molar-refractivity contribution in [2.45, 2.75) is 25.8 Å². The van der Waals surface area contributed by atoms with Crippen LogP contribution in [-0.4, -0.2) is 34.0 Å². The molecule has 2 atom stereocenters. The summed E-state index contributed by atoms with van der Waals surface area (Å²) < 4.78 is 0. The van der Waals surface area contributed by atoms with E-state index in [1.54, 1.807) is 12.1 Å². The Bertz CT molecular complexity index is 523. The van der Waals surface area contributed by atoms with Gasteiger partial charge in [-0.25, -0.2) is 0 Å². The van der Waals surface area contributed by atoms with Crippen LogP contribution < -0.4 is 0 Å². The molecule has 1 saturated heterocycles. The number of carbonyl (C=O) groups is 1. The fourth-order valence-corrected chi connectivity index (χ4v) is 2.67. The van der Waals surface area contributed by atoms with Crippen molar-refractivity contribution in [3.8, 4) is 0 Å². The van der Waals surface area contributed by atoms with Crippen LogP contribution in [0.4, 0.5) is 5.69 Å². The Kier molecular flexibility index (Phi) is 6.11. The monoisotopic (exact) mass is 314 g/mol. The Morgan fingerprint density at radius 2 is 2.24 bits per heavy atom. The van der Waals surface area contributed by atoms with Gasteiger partial charge in [-0.2, -0.15) is 0 Å². The summed E-state index contributed by atoms with van der Waals surface area (Å²) in [5, 5.41) is 19.9. The highest BCUT2D eigenvalue weighted by atomic mass is 35.5. The van der Waals surface area contributed by atoms with Gasteiger partial charge >= 0.3 is 5.97 Å². The van der Waals surface area contributed by atoms with Crippen molar-refractivity contribution in [3.05, 3.63) is 39.9 Å². The zero-order valence-corrected chi connectivity index (χ0v) is 12.6. The van der Waals surface area contributed by atoms with Gasteiger partial charge in [0.25, 0.3) is 5.69 Å².